The van der Waals surface area contributed by atoms with E-state index in [4.69, 9.17) is 0 Å². The van der Waals surface area contributed by atoms with E-state index in [0.29, 0.717) is 12.5 Å². The molecule has 1 heterocycles. The number of carbonyl (C=O) groups is 1. The molecule has 0 aromatic heterocycles. The number of hydrogen-bond acceptors (Lipinski definition) is 2. The Morgan fingerprint density at radius 1 is 1.38 bits per heavy atom. The monoisotopic (exact) mass is 292 g/mol. The molecule has 1 aromatic carbocycles. The standard InChI is InChI=1S/C17H25FN2O/c1-17(2,14-4-3-10-19-12-14)16(21)20-11-9-13-5-7-15(18)8-6-13/h5-8,14,19H,3-4,9-12H2,1-2H3,(H,20,21). The largest absolute Gasteiger partial charge is 0.355 e. The lowest BCUT2D eigenvalue weighted by molar-refractivity contribution is -0.132. The van der Waals surface area contributed by atoms with Gasteiger partial charge in [0.15, 0.2) is 0 Å². The van der Waals surface area contributed by atoms with Crippen LogP contribution in [0.2, 0.25) is 0 Å². The van der Waals surface area contributed by atoms with E-state index in [-0.39, 0.29) is 17.1 Å². The van der Waals surface area contributed by atoms with E-state index in [2.05, 4.69) is 10.6 Å². The molecule has 1 atom stereocenters. The van der Waals surface area contributed by atoms with Crippen LogP contribution in [0.25, 0.3) is 0 Å². The van der Waals surface area contributed by atoms with Gasteiger partial charge in [0.05, 0.1) is 0 Å². The van der Waals surface area contributed by atoms with Crippen LogP contribution in [0.5, 0.6) is 0 Å². The van der Waals surface area contributed by atoms with Crippen LogP contribution in [-0.2, 0) is 11.2 Å². The van der Waals surface area contributed by atoms with Gasteiger partial charge in [-0.3, -0.25) is 4.79 Å². The minimum absolute atomic E-state index is 0.110. The fourth-order valence-electron chi connectivity index (χ4n) is 2.85. The molecule has 0 saturated carbocycles. The van der Waals surface area contributed by atoms with E-state index < -0.39 is 0 Å². The lowest BCUT2D eigenvalue weighted by Crippen LogP contribution is -2.47. The Hall–Kier alpha value is -1.42. The molecule has 0 radical (unpaired) electrons. The molecule has 1 fully saturated rings. The van der Waals surface area contributed by atoms with Gasteiger partial charge in [0.2, 0.25) is 5.91 Å². The number of rotatable bonds is 5. The molecule has 1 saturated heterocycles. The second-order valence-corrected chi connectivity index (χ2v) is 6.40. The highest BCUT2D eigenvalue weighted by Crippen LogP contribution is 2.31. The summed E-state index contributed by atoms with van der Waals surface area (Å²) in [5, 5.41) is 6.39. The van der Waals surface area contributed by atoms with E-state index in [1.807, 2.05) is 13.8 Å². The van der Waals surface area contributed by atoms with Crippen molar-refractivity contribution in [2.45, 2.75) is 33.1 Å². The summed E-state index contributed by atoms with van der Waals surface area (Å²) in [5.74, 6) is 0.268. The third-order valence-corrected chi connectivity index (χ3v) is 4.52. The first-order valence-electron chi connectivity index (χ1n) is 7.73. The Labute approximate surface area is 126 Å². The molecule has 2 N–H and O–H groups in total. The first-order chi connectivity index (χ1) is 10.00. The first-order valence-corrected chi connectivity index (χ1v) is 7.73. The molecule has 0 aliphatic carbocycles. The van der Waals surface area contributed by atoms with Crippen molar-refractivity contribution in [3.8, 4) is 0 Å². The highest BCUT2D eigenvalue weighted by atomic mass is 19.1. The van der Waals surface area contributed by atoms with E-state index in [0.717, 1.165) is 37.9 Å². The summed E-state index contributed by atoms with van der Waals surface area (Å²) in [7, 11) is 0. The van der Waals surface area contributed by atoms with E-state index in [1.165, 1.54) is 12.1 Å². The lowest BCUT2D eigenvalue weighted by Gasteiger charge is -2.36. The highest BCUT2D eigenvalue weighted by molar-refractivity contribution is 5.82. The van der Waals surface area contributed by atoms with Gasteiger partial charge in [-0.15, -0.1) is 0 Å². The third-order valence-electron chi connectivity index (χ3n) is 4.52. The van der Waals surface area contributed by atoms with Gasteiger partial charge >= 0.3 is 0 Å². The fourth-order valence-corrected chi connectivity index (χ4v) is 2.85. The van der Waals surface area contributed by atoms with Crippen LogP contribution < -0.4 is 10.6 Å². The molecule has 116 valence electrons. The van der Waals surface area contributed by atoms with Crippen LogP contribution in [0, 0.1) is 17.2 Å². The molecule has 1 unspecified atom stereocenters. The molecular formula is C17H25FN2O. The molecule has 1 aromatic rings. The van der Waals surface area contributed by atoms with Crippen molar-refractivity contribution < 1.29 is 9.18 Å². The average Bonchev–Trinajstić information content (AvgIpc) is 2.50. The SMILES string of the molecule is CC(C)(C(=O)NCCc1ccc(F)cc1)C1CCCNC1. The van der Waals surface area contributed by atoms with E-state index in [9.17, 15) is 9.18 Å². The summed E-state index contributed by atoms with van der Waals surface area (Å²) < 4.78 is 12.8. The number of benzene rings is 1. The van der Waals surface area contributed by atoms with Gasteiger partial charge in [-0.1, -0.05) is 26.0 Å². The van der Waals surface area contributed by atoms with Gasteiger partial charge in [-0.05, 0) is 56.0 Å². The van der Waals surface area contributed by atoms with Crippen LogP contribution >= 0.6 is 0 Å². The van der Waals surface area contributed by atoms with Gasteiger partial charge in [0.25, 0.3) is 0 Å². The molecule has 1 aliphatic heterocycles. The molecular weight excluding hydrogens is 267 g/mol. The smallest absolute Gasteiger partial charge is 0.225 e. The van der Waals surface area contributed by atoms with Crippen molar-refractivity contribution >= 4 is 5.91 Å². The molecule has 1 amide bonds. The summed E-state index contributed by atoms with van der Waals surface area (Å²) in [6.45, 7) is 6.61. The molecule has 21 heavy (non-hydrogen) atoms. The molecule has 0 spiro atoms. The molecule has 1 aliphatic rings. The maximum absolute atomic E-state index is 12.8. The Balaban J connectivity index is 1.81. The number of halogens is 1. The van der Waals surface area contributed by atoms with Crippen LogP contribution in [0.15, 0.2) is 24.3 Å². The van der Waals surface area contributed by atoms with Crippen LogP contribution in [0.4, 0.5) is 4.39 Å². The van der Waals surface area contributed by atoms with Gasteiger partial charge < -0.3 is 10.6 Å². The van der Waals surface area contributed by atoms with Crippen molar-refractivity contribution in [2.24, 2.45) is 11.3 Å². The van der Waals surface area contributed by atoms with Crippen LogP contribution in [-0.4, -0.2) is 25.5 Å². The van der Waals surface area contributed by atoms with Gasteiger partial charge in [-0.2, -0.15) is 0 Å². The highest BCUT2D eigenvalue weighted by Gasteiger charge is 2.36. The van der Waals surface area contributed by atoms with E-state index >= 15 is 0 Å². The predicted octanol–water partition coefficient (Wildman–Crippen LogP) is 2.51. The van der Waals surface area contributed by atoms with Gasteiger partial charge in [-0.25, -0.2) is 4.39 Å². The predicted molar refractivity (Wildman–Crippen MR) is 82.5 cm³/mol. The lowest BCUT2D eigenvalue weighted by atomic mass is 9.74. The summed E-state index contributed by atoms with van der Waals surface area (Å²) in [4.78, 5) is 12.4. The number of nitrogens with one attached hydrogen (secondary N) is 2. The third kappa shape index (κ3) is 4.27. The van der Waals surface area contributed by atoms with Gasteiger partial charge in [0.1, 0.15) is 5.82 Å². The normalized spacial score (nSPS) is 19.3. The van der Waals surface area contributed by atoms with Gasteiger partial charge in [0, 0.05) is 12.0 Å². The Morgan fingerprint density at radius 2 is 2.10 bits per heavy atom. The molecule has 0 bridgehead atoms. The molecule has 2 rings (SSSR count). The maximum atomic E-state index is 12.8. The average molecular weight is 292 g/mol. The minimum atomic E-state index is -0.351. The number of carbonyl (C=O) groups excluding carboxylic acids is 1. The quantitative estimate of drug-likeness (QED) is 0.875. The topological polar surface area (TPSA) is 41.1 Å². The Bertz CT molecular complexity index is 464. The fraction of sp³-hybridized carbons (Fsp3) is 0.588. The number of piperidine rings is 1. The zero-order valence-electron chi connectivity index (χ0n) is 12.9. The second kappa shape index (κ2) is 7.03. The van der Waals surface area contributed by atoms with Crippen molar-refractivity contribution in [3.63, 3.8) is 0 Å². The van der Waals surface area contributed by atoms with Crippen molar-refractivity contribution in [3.05, 3.63) is 35.6 Å². The van der Waals surface area contributed by atoms with Crippen molar-refractivity contribution in [1.29, 1.82) is 0 Å². The summed E-state index contributed by atoms with van der Waals surface area (Å²) in [6, 6.07) is 6.43. The van der Waals surface area contributed by atoms with Crippen LogP contribution in [0.3, 0.4) is 0 Å². The van der Waals surface area contributed by atoms with E-state index in [1.54, 1.807) is 12.1 Å². The molecule has 3 nitrogen and oxygen atoms in total. The Morgan fingerprint density at radius 3 is 2.71 bits per heavy atom. The molecule has 4 heteroatoms. The Kier molecular flexibility index (Phi) is 5.34. The maximum Gasteiger partial charge on any atom is 0.225 e. The zero-order chi connectivity index (χ0) is 15.3. The summed E-state index contributed by atoms with van der Waals surface area (Å²) in [6.07, 6.45) is 2.97. The second-order valence-electron chi connectivity index (χ2n) is 6.40. The first kappa shape index (κ1) is 16.0. The van der Waals surface area contributed by atoms with Crippen molar-refractivity contribution in [1.82, 2.24) is 10.6 Å². The summed E-state index contributed by atoms with van der Waals surface area (Å²) in [5.41, 5.74) is 0.685. The summed E-state index contributed by atoms with van der Waals surface area (Å²) >= 11 is 0. The number of hydrogen-bond donors (Lipinski definition) is 2. The minimum Gasteiger partial charge on any atom is -0.355 e. The van der Waals surface area contributed by atoms with Crippen LogP contribution in [0.1, 0.15) is 32.3 Å². The van der Waals surface area contributed by atoms with Crippen molar-refractivity contribution in [2.75, 3.05) is 19.6 Å². The zero-order valence-corrected chi connectivity index (χ0v) is 12.9. The number of amides is 1.